The number of rotatable bonds is 10. The lowest BCUT2D eigenvalue weighted by Crippen LogP contribution is -2.36. The van der Waals surface area contributed by atoms with Gasteiger partial charge < -0.3 is 24.4 Å². The summed E-state index contributed by atoms with van der Waals surface area (Å²) in [7, 11) is 5.92. The summed E-state index contributed by atoms with van der Waals surface area (Å²) in [6.45, 7) is 0.861. The van der Waals surface area contributed by atoms with Crippen LogP contribution in [0.25, 0.3) is 10.9 Å². The first kappa shape index (κ1) is 33.0. The second kappa shape index (κ2) is 14.4. The lowest BCUT2D eigenvalue weighted by molar-refractivity contribution is 0.122. The Hall–Kier alpha value is -3.36. The predicted molar refractivity (Wildman–Crippen MR) is 181 cm³/mol. The van der Waals surface area contributed by atoms with Gasteiger partial charge in [-0.2, -0.15) is 8.42 Å². The van der Waals surface area contributed by atoms with E-state index >= 15 is 0 Å². The first-order chi connectivity index (χ1) is 21.6. The maximum absolute atomic E-state index is 14.3. The quantitative estimate of drug-likeness (QED) is 0.241. The molecule has 0 radical (unpaired) electrons. The summed E-state index contributed by atoms with van der Waals surface area (Å²) in [5.74, 6) is 6.00. The molecule has 242 valence electrons. The minimum absolute atomic E-state index is 0.0154. The SMILES string of the molecule is COc1cc(S(=O)(=O)N=C2CCON2)ccc1N(C)CC#Cc1cc2c(NC3CCC(N(C)C)CC3)cccc2n1CC(F)P. The Balaban J connectivity index is 1.35. The second-order valence-electron chi connectivity index (χ2n) is 11.7. The molecule has 5 rings (SSSR count). The third-order valence-electron chi connectivity index (χ3n) is 8.34. The van der Waals surface area contributed by atoms with Gasteiger partial charge in [0, 0.05) is 42.7 Å². The number of halogens is 1. The summed E-state index contributed by atoms with van der Waals surface area (Å²) in [6.07, 6.45) is 4.93. The Morgan fingerprint density at radius 2 is 1.98 bits per heavy atom. The van der Waals surface area contributed by atoms with Crippen LogP contribution < -0.4 is 20.4 Å². The topological polar surface area (TPSA) is 100 Å². The van der Waals surface area contributed by atoms with Crippen LogP contribution in [0.2, 0.25) is 0 Å². The summed E-state index contributed by atoms with van der Waals surface area (Å²) in [5, 5.41) is 4.78. The molecular formula is C32H42FN6O4PS. The van der Waals surface area contributed by atoms with E-state index in [2.05, 4.69) is 61.3 Å². The monoisotopic (exact) mass is 656 g/mol. The lowest BCUT2D eigenvalue weighted by Gasteiger charge is -2.33. The average molecular weight is 657 g/mol. The number of hydrogen-bond donors (Lipinski definition) is 2. The molecule has 2 fully saturated rings. The van der Waals surface area contributed by atoms with Crippen molar-refractivity contribution in [3.63, 3.8) is 0 Å². The highest BCUT2D eigenvalue weighted by Gasteiger charge is 2.24. The molecule has 0 spiro atoms. The molecular weight excluding hydrogens is 614 g/mol. The molecule has 2 unspecified atom stereocenters. The molecule has 1 saturated heterocycles. The van der Waals surface area contributed by atoms with Crippen molar-refractivity contribution in [2.75, 3.05) is 51.6 Å². The maximum atomic E-state index is 14.3. The average Bonchev–Trinajstić information content (AvgIpc) is 3.64. The smallest absolute Gasteiger partial charge is 0.284 e. The van der Waals surface area contributed by atoms with Crippen molar-refractivity contribution in [2.45, 2.75) is 61.5 Å². The number of nitrogens with one attached hydrogen (secondary N) is 2. The predicted octanol–water partition coefficient (Wildman–Crippen LogP) is 4.61. The van der Waals surface area contributed by atoms with Crippen LogP contribution in [-0.4, -0.2) is 83.1 Å². The fraction of sp³-hybridized carbons (Fsp3) is 0.469. The van der Waals surface area contributed by atoms with E-state index in [-0.39, 0.29) is 17.3 Å². The van der Waals surface area contributed by atoms with Crippen LogP contribution in [0, 0.1) is 11.8 Å². The maximum Gasteiger partial charge on any atom is 0.284 e. The fourth-order valence-electron chi connectivity index (χ4n) is 5.90. The molecule has 0 amide bonds. The van der Waals surface area contributed by atoms with Crippen molar-refractivity contribution in [3.05, 3.63) is 48.2 Å². The van der Waals surface area contributed by atoms with Gasteiger partial charge in [-0.25, -0.2) is 4.39 Å². The number of anilines is 2. The number of ether oxygens (including phenoxy) is 1. The van der Waals surface area contributed by atoms with Gasteiger partial charge in [-0.1, -0.05) is 21.2 Å². The second-order valence-corrected chi connectivity index (χ2v) is 14.0. The van der Waals surface area contributed by atoms with Gasteiger partial charge >= 0.3 is 0 Å². The molecule has 2 atom stereocenters. The van der Waals surface area contributed by atoms with Crippen molar-refractivity contribution < 1.29 is 22.4 Å². The van der Waals surface area contributed by atoms with Gasteiger partial charge in [0.25, 0.3) is 10.0 Å². The Kier molecular flexibility index (Phi) is 10.6. The third kappa shape index (κ3) is 7.90. The highest BCUT2D eigenvalue weighted by atomic mass is 32.2. The Labute approximate surface area is 267 Å². The summed E-state index contributed by atoms with van der Waals surface area (Å²) in [6, 6.07) is 13.8. The number of methoxy groups -OCH3 is 1. The molecule has 1 saturated carbocycles. The van der Waals surface area contributed by atoms with Crippen molar-refractivity contribution in [1.29, 1.82) is 0 Å². The number of benzene rings is 2. The molecule has 1 aliphatic carbocycles. The van der Waals surface area contributed by atoms with Crippen LogP contribution in [0.5, 0.6) is 5.75 Å². The first-order valence-corrected chi connectivity index (χ1v) is 17.2. The van der Waals surface area contributed by atoms with Gasteiger partial charge in [0.1, 0.15) is 17.5 Å². The highest BCUT2D eigenvalue weighted by Crippen LogP contribution is 2.33. The molecule has 0 bridgehead atoms. The Morgan fingerprint density at radius 3 is 2.64 bits per heavy atom. The van der Waals surface area contributed by atoms with Crippen LogP contribution in [0.1, 0.15) is 37.8 Å². The van der Waals surface area contributed by atoms with Gasteiger partial charge in [-0.15, -0.1) is 4.40 Å². The van der Waals surface area contributed by atoms with Crippen molar-refractivity contribution in [3.8, 4) is 17.6 Å². The van der Waals surface area contributed by atoms with E-state index in [0.29, 0.717) is 43.1 Å². The fourth-order valence-corrected chi connectivity index (χ4v) is 7.14. The Bertz CT molecular complexity index is 1700. The Morgan fingerprint density at radius 1 is 1.20 bits per heavy atom. The van der Waals surface area contributed by atoms with E-state index in [0.717, 1.165) is 48.0 Å². The zero-order valence-electron chi connectivity index (χ0n) is 26.2. The van der Waals surface area contributed by atoms with Crippen LogP contribution in [-0.2, 0) is 21.4 Å². The van der Waals surface area contributed by atoms with E-state index in [1.54, 1.807) is 6.07 Å². The highest BCUT2D eigenvalue weighted by molar-refractivity contribution is 7.90. The molecule has 13 heteroatoms. The van der Waals surface area contributed by atoms with E-state index in [4.69, 9.17) is 9.57 Å². The number of hydroxylamine groups is 1. The van der Waals surface area contributed by atoms with Crippen LogP contribution in [0.3, 0.4) is 0 Å². The summed E-state index contributed by atoms with van der Waals surface area (Å²) >= 11 is 0. The zero-order chi connectivity index (χ0) is 32.1. The summed E-state index contributed by atoms with van der Waals surface area (Å²) in [4.78, 5) is 9.18. The van der Waals surface area contributed by atoms with Gasteiger partial charge in [0.15, 0.2) is 0 Å². The lowest BCUT2D eigenvalue weighted by atomic mass is 9.90. The summed E-state index contributed by atoms with van der Waals surface area (Å²) in [5.41, 5.74) is 5.89. The molecule has 2 aliphatic rings. The number of alkyl halides is 1. The van der Waals surface area contributed by atoms with Gasteiger partial charge in [0.2, 0.25) is 0 Å². The third-order valence-corrected chi connectivity index (χ3v) is 9.86. The van der Waals surface area contributed by atoms with Crippen LogP contribution in [0.15, 0.2) is 51.8 Å². The number of aromatic nitrogens is 1. The summed E-state index contributed by atoms with van der Waals surface area (Å²) < 4.78 is 51.2. The van der Waals surface area contributed by atoms with E-state index < -0.39 is 15.9 Å². The van der Waals surface area contributed by atoms with Crippen molar-refractivity contribution in [2.24, 2.45) is 4.40 Å². The molecule has 10 nitrogen and oxygen atoms in total. The zero-order valence-corrected chi connectivity index (χ0v) is 28.2. The minimum Gasteiger partial charge on any atom is -0.495 e. The molecule has 2 aromatic carbocycles. The van der Waals surface area contributed by atoms with Crippen LogP contribution in [0.4, 0.5) is 15.8 Å². The molecule has 45 heavy (non-hydrogen) atoms. The van der Waals surface area contributed by atoms with Gasteiger partial charge in [0.05, 0.1) is 48.6 Å². The van der Waals surface area contributed by atoms with E-state index in [1.807, 2.05) is 34.7 Å². The van der Waals surface area contributed by atoms with Crippen molar-refractivity contribution >= 4 is 47.4 Å². The first-order valence-electron chi connectivity index (χ1n) is 15.1. The number of hydrogen-bond acceptors (Lipinski definition) is 7. The van der Waals surface area contributed by atoms with Gasteiger partial charge in [-0.05, 0) is 76.0 Å². The number of nitrogens with zero attached hydrogens (tertiary/aromatic N) is 4. The molecule has 1 aromatic heterocycles. The molecule has 2 heterocycles. The van der Waals surface area contributed by atoms with Crippen molar-refractivity contribution in [1.82, 2.24) is 14.9 Å². The van der Waals surface area contributed by atoms with Gasteiger partial charge in [-0.3, -0.25) is 10.3 Å². The number of amidine groups is 1. The number of sulfonamides is 1. The standard InChI is InChI=1S/C32H42FN6O4PS/c1-37(2)23-12-10-22(11-13-23)34-27-8-5-9-28-26(27)19-24(39(28)21-31(33)44)7-6-17-38(3)29-15-14-25(20-30(29)42-4)45(40,41)36-32-16-18-43-35-32/h5,8-9,14-15,19-20,22-23,31,34H,10-13,16-18,21,44H2,1-4H3,(H,35,36). The number of fused-ring (bicyclic) bond motifs is 1. The minimum atomic E-state index is -3.94. The normalized spacial score (nSPS) is 20.1. The largest absolute Gasteiger partial charge is 0.495 e. The molecule has 1 aliphatic heterocycles. The molecule has 3 aromatic rings. The van der Waals surface area contributed by atoms with Crippen LogP contribution >= 0.6 is 9.24 Å². The van der Waals surface area contributed by atoms with E-state index in [1.165, 1.54) is 19.2 Å². The molecule has 2 N–H and O–H groups in total. The van der Waals surface area contributed by atoms with E-state index in [9.17, 15) is 12.8 Å².